The number of hydrogen-bond acceptors (Lipinski definition) is 7. The summed E-state index contributed by atoms with van der Waals surface area (Å²) in [4.78, 5) is 9.01. The lowest BCUT2D eigenvalue weighted by Gasteiger charge is -2.12. The van der Waals surface area contributed by atoms with Crippen molar-refractivity contribution in [3.05, 3.63) is 36.5 Å². The molecule has 0 spiro atoms. The van der Waals surface area contributed by atoms with Crippen molar-refractivity contribution in [3.63, 3.8) is 0 Å². The van der Waals surface area contributed by atoms with Gasteiger partial charge in [-0.3, -0.25) is 0 Å². The molecule has 24 heavy (non-hydrogen) atoms. The van der Waals surface area contributed by atoms with Crippen molar-refractivity contribution in [2.24, 2.45) is 0 Å². The van der Waals surface area contributed by atoms with Crippen molar-refractivity contribution < 1.29 is 8.42 Å². The summed E-state index contributed by atoms with van der Waals surface area (Å²) in [5.74, 6) is 0.524. The van der Waals surface area contributed by atoms with Gasteiger partial charge in [0, 0.05) is 6.07 Å². The number of nitrogens with zero attached hydrogens (tertiary/aromatic N) is 4. The molecule has 7 nitrogen and oxygen atoms in total. The lowest BCUT2D eigenvalue weighted by molar-refractivity contribution is 0.595. The van der Waals surface area contributed by atoms with Crippen LogP contribution in [0.4, 0.5) is 11.6 Å². The lowest BCUT2D eigenvalue weighted by Crippen LogP contribution is -2.11. The topological polar surface area (TPSA) is 89.2 Å². The van der Waals surface area contributed by atoms with E-state index in [9.17, 15) is 8.42 Å². The Hall–Kier alpha value is -2.13. The maximum atomic E-state index is 12.5. The van der Waals surface area contributed by atoms with Gasteiger partial charge in [0.15, 0.2) is 20.6 Å². The Morgan fingerprint density at radius 2 is 2.00 bits per heavy atom. The fourth-order valence-electron chi connectivity index (χ4n) is 2.32. The molecule has 1 N–H and O–H groups in total. The Labute approximate surface area is 144 Å². The van der Waals surface area contributed by atoms with Crippen LogP contribution < -0.4 is 5.32 Å². The Bertz CT molecular complexity index is 969. The fourth-order valence-corrected chi connectivity index (χ4v) is 4.18. The number of nitrogens with one attached hydrogen (secondary N) is 1. The van der Waals surface area contributed by atoms with E-state index >= 15 is 0 Å². The predicted molar refractivity (Wildman–Crippen MR) is 94.6 cm³/mol. The molecular weight excluding hydrogens is 346 g/mol. The Balaban J connectivity index is 2.08. The second kappa shape index (κ2) is 6.78. The average Bonchev–Trinajstić information content (AvgIpc) is 3.04. The summed E-state index contributed by atoms with van der Waals surface area (Å²) >= 11 is 1.41. The molecule has 0 radical (unpaired) electrons. The summed E-state index contributed by atoms with van der Waals surface area (Å²) in [6.07, 6.45) is 4.06. The average molecular weight is 363 g/mol. The molecule has 0 aliphatic carbocycles. The van der Waals surface area contributed by atoms with E-state index in [-0.39, 0.29) is 10.6 Å². The molecule has 2 heterocycles. The molecule has 3 rings (SSSR count). The van der Waals surface area contributed by atoms with Crippen molar-refractivity contribution in [2.75, 3.05) is 17.3 Å². The van der Waals surface area contributed by atoms with Crippen LogP contribution in [0.2, 0.25) is 0 Å². The van der Waals surface area contributed by atoms with Gasteiger partial charge in [0.2, 0.25) is 5.95 Å². The van der Waals surface area contributed by atoms with Crippen LogP contribution in [-0.4, -0.2) is 40.0 Å². The van der Waals surface area contributed by atoms with Crippen LogP contribution in [0, 0.1) is 0 Å². The Morgan fingerprint density at radius 3 is 2.75 bits per heavy atom. The van der Waals surface area contributed by atoms with Gasteiger partial charge in [-0.2, -0.15) is 14.6 Å². The number of thioether (sulfide) groups is 1. The van der Waals surface area contributed by atoms with Crippen molar-refractivity contribution in [1.82, 2.24) is 19.6 Å². The van der Waals surface area contributed by atoms with E-state index in [0.29, 0.717) is 28.9 Å². The third-order valence-corrected chi connectivity index (χ3v) is 5.88. The number of rotatable bonds is 6. The first kappa shape index (κ1) is 16.7. The summed E-state index contributed by atoms with van der Waals surface area (Å²) in [6.45, 7) is 1.84. The van der Waals surface area contributed by atoms with Crippen LogP contribution in [0.5, 0.6) is 0 Å². The highest BCUT2D eigenvalue weighted by Crippen LogP contribution is 2.26. The highest BCUT2D eigenvalue weighted by Gasteiger charge is 2.19. The van der Waals surface area contributed by atoms with Crippen molar-refractivity contribution in [1.29, 1.82) is 0 Å². The van der Waals surface area contributed by atoms with Gasteiger partial charge >= 0.3 is 0 Å². The maximum absolute atomic E-state index is 12.5. The monoisotopic (exact) mass is 363 g/mol. The number of benzene rings is 1. The third kappa shape index (κ3) is 3.22. The summed E-state index contributed by atoms with van der Waals surface area (Å²) in [7, 11) is -3.36. The predicted octanol–water partition coefficient (Wildman–Crippen LogP) is 2.77. The van der Waals surface area contributed by atoms with E-state index in [4.69, 9.17) is 0 Å². The minimum absolute atomic E-state index is 0.0999. The highest BCUT2D eigenvalue weighted by molar-refractivity contribution is 7.98. The van der Waals surface area contributed by atoms with Crippen LogP contribution in [0.15, 0.2) is 46.6 Å². The van der Waals surface area contributed by atoms with E-state index in [2.05, 4.69) is 20.4 Å². The van der Waals surface area contributed by atoms with E-state index in [1.807, 2.05) is 13.2 Å². The van der Waals surface area contributed by atoms with Gasteiger partial charge < -0.3 is 5.32 Å². The second-order valence-electron chi connectivity index (χ2n) is 5.08. The number of hydrogen-bond donors (Lipinski definition) is 1. The van der Waals surface area contributed by atoms with Gasteiger partial charge in [0.25, 0.3) is 0 Å². The van der Waals surface area contributed by atoms with Crippen LogP contribution in [-0.2, 0) is 9.84 Å². The molecule has 0 aliphatic heterocycles. The first-order chi connectivity index (χ1) is 11.5. The maximum Gasteiger partial charge on any atom is 0.232 e. The highest BCUT2D eigenvalue weighted by atomic mass is 32.2. The minimum atomic E-state index is -3.36. The summed E-state index contributed by atoms with van der Waals surface area (Å²) in [6, 6.07) is 8.59. The lowest BCUT2D eigenvalue weighted by atomic mass is 10.3. The van der Waals surface area contributed by atoms with Crippen LogP contribution >= 0.6 is 11.8 Å². The van der Waals surface area contributed by atoms with E-state index in [1.54, 1.807) is 41.0 Å². The number of anilines is 2. The smallest absolute Gasteiger partial charge is 0.232 e. The molecule has 0 bridgehead atoms. The zero-order chi connectivity index (χ0) is 17.2. The van der Waals surface area contributed by atoms with E-state index < -0.39 is 9.84 Å². The first-order valence-electron chi connectivity index (χ1n) is 7.39. The zero-order valence-electron chi connectivity index (χ0n) is 13.3. The molecule has 0 amide bonds. The number of sulfone groups is 1. The van der Waals surface area contributed by atoms with Crippen LogP contribution in [0.3, 0.4) is 0 Å². The summed E-state index contributed by atoms with van der Waals surface area (Å²) < 4.78 is 26.5. The van der Waals surface area contributed by atoms with Crippen LogP contribution in [0.1, 0.15) is 13.3 Å². The van der Waals surface area contributed by atoms with Gasteiger partial charge in [-0.05, 0) is 24.8 Å². The van der Waals surface area contributed by atoms with Gasteiger partial charge in [-0.15, -0.1) is 0 Å². The molecule has 0 aliphatic rings. The number of aromatic nitrogens is 4. The van der Waals surface area contributed by atoms with Crippen molar-refractivity contribution >= 4 is 38.9 Å². The molecule has 0 fully saturated rings. The molecule has 3 aromatic rings. The molecule has 0 atom stereocenters. The molecule has 0 unspecified atom stereocenters. The Kier molecular flexibility index (Phi) is 4.72. The molecule has 0 saturated heterocycles. The SMILES string of the molecule is CCCS(=O)(=O)c1ccccc1Nc1nc(SC)nc2ccnn12. The largest absolute Gasteiger partial charge is 0.323 e. The molecular formula is C15H17N5O2S2. The third-order valence-electron chi connectivity index (χ3n) is 3.36. The molecule has 126 valence electrons. The second-order valence-corrected chi connectivity index (χ2v) is 7.93. The fraction of sp³-hybridized carbons (Fsp3) is 0.267. The van der Waals surface area contributed by atoms with Crippen LogP contribution in [0.25, 0.3) is 5.65 Å². The molecule has 1 aromatic carbocycles. The Morgan fingerprint density at radius 1 is 1.21 bits per heavy atom. The number of para-hydroxylation sites is 1. The van der Waals surface area contributed by atoms with E-state index in [0.717, 1.165) is 0 Å². The summed E-state index contributed by atoms with van der Waals surface area (Å²) in [5.41, 5.74) is 1.12. The van der Waals surface area contributed by atoms with Gasteiger partial charge in [-0.25, -0.2) is 13.4 Å². The van der Waals surface area contributed by atoms with Gasteiger partial charge in [0.05, 0.1) is 22.5 Å². The first-order valence-corrected chi connectivity index (χ1v) is 10.3. The molecule has 2 aromatic heterocycles. The normalized spacial score (nSPS) is 11.8. The summed E-state index contributed by atoms with van der Waals surface area (Å²) in [5, 5.41) is 7.87. The van der Waals surface area contributed by atoms with Crippen molar-refractivity contribution in [3.8, 4) is 0 Å². The zero-order valence-corrected chi connectivity index (χ0v) is 14.9. The van der Waals surface area contributed by atoms with Gasteiger partial charge in [0.1, 0.15) is 0 Å². The molecule has 0 saturated carbocycles. The quantitative estimate of drug-likeness (QED) is 0.674. The molecule has 9 heteroatoms. The van der Waals surface area contributed by atoms with Gasteiger partial charge in [-0.1, -0.05) is 30.8 Å². The van der Waals surface area contributed by atoms with E-state index in [1.165, 1.54) is 11.8 Å². The number of fused-ring (bicyclic) bond motifs is 1. The van der Waals surface area contributed by atoms with Crippen molar-refractivity contribution in [2.45, 2.75) is 23.4 Å². The standard InChI is InChI=1S/C15H17N5O2S2/c1-3-10-24(21,22)12-7-5-4-6-11(12)17-14-19-15(23-2)18-13-8-9-16-20(13)14/h4-9H,3,10H2,1-2H3,(H,17,18,19). The minimum Gasteiger partial charge on any atom is -0.323 e.